The van der Waals surface area contributed by atoms with E-state index in [1.165, 1.54) is 0 Å². The molecule has 1 N–H and O–H groups in total. The van der Waals surface area contributed by atoms with Gasteiger partial charge in [-0.05, 0) is 55.0 Å². The number of ketones is 1. The molecule has 0 spiro atoms. The molecule has 0 aliphatic rings. The summed E-state index contributed by atoms with van der Waals surface area (Å²) < 4.78 is 10.4. The highest BCUT2D eigenvalue weighted by Crippen LogP contribution is 2.19. The van der Waals surface area contributed by atoms with Gasteiger partial charge in [0.05, 0.1) is 7.11 Å². The van der Waals surface area contributed by atoms with Crippen molar-refractivity contribution in [2.24, 2.45) is 0 Å². The Hall–Kier alpha value is -2.82. The minimum atomic E-state index is -1.01. The predicted molar refractivity (Wildman–Crippen MR) is 85.2 cm³/mol. The molecule has 23 heavy (non-hydrogen) atoms. The van der Waals surface area contributed by atoms with Gasteiger partial charge in [0, 0.05) is 11.1 Å². The lowest BCUT2D eigenvalue weighted by atomic mass is 10.0. The second-order valence-electron chi connectivity index (χ2n) is 4.93. The maximum atomic E-state index is 12.4. The number of carboxylic acid groups (broad SMARTS) is 1. The number of benzene rings is 2. The highest BCUT2D eigenvalue weighted by Gasteiger charge is 2.17. The highest BCUT2D eigenvalue weighted by atomic mass is 16.5. The van der Waals surface area contributed by atoms with Crippen LogP contribution < -0.4 is 9.47 Å². The second-order valence-corrected chi connectivity index (χ2v) is 4.93. The number of aliphatic carboxylic acids is 1. The van der Waals surface area contributed by atoms with Crippen molar-refractivity contribution in [3.8, 4) is 11.5 Å². The zero-order chi connectivity index (χ0) is 16.8. The molecule has 5 nitrogen and oxygen atoms in total. The molecule has 0 saturated heterocycles. The zero-order valence-electron chi connectivity index (χ0n) is 13.0. The van der Waals surface area contributed by atoms with Crippen LogP contribution in [0.25, 0.3) is 0 Å². The Morgan fingerprint density at radius 2 is 1.43 bits per heavy atom. The molecule has 0 aliphatic heterocycles. The summed E-state index contributed by atoms with van der Waals surface area (Å²) in [6.07, 6.45) is -0.528. The molecular formula is C18H18O5. The molecule has 5 heteroatoms. The van der Waals surface area contributed by atoms with Gasteiger partial charge >= 0.3 is 5.97 Å². The third-order valence-electron chi connectivity index (χ3n) is 3.39. The molecule has 0 bridgehead atoms. The van der Waals surface area contributed by atoms with E-state index in [0.717, 1.165) is 0 Å². The summed E-state index contributed by atoms with van der Waals surface area (Å²) >= 11 is 0. The van der Waals surface area contributed by atoms with Gasteiger partial charge in [-0.3, -0.25) is 4.79 Å². The zero-order valence-corrected chi connectivity index (χ0v) is 13.0. The minimum Gasteiger partial charge on any atom is -0.497 e. The van der Waals surface area contributed by atoms with Gasteiger partial charge in [0.15, 0.2) is 11.9 Å². The molecule has 0 radical (unpaired) electrons. The second kappa shape index (κ2) is 7.45. The normalized spacial score (nSPS) is 11.6. The van der Waals surface area contributed by atoms with Gasteiger partial charge in [0.2, 0.25) is 0 Å². The van der Waals surface area contributed by atoms with Gasteiger partial charge in [-0.15, -0.1) is 0 Å². The van der Waals surface area contributed by atoms with Gasteiger partial charge in [-0.25, -0.2) is 4.79 Å². The highest BCUT2D eigenvalue weighted by molar-refractivity contribution is 6.09. The Labute approximate surface area is 134 Å². The third-order valence-corrected chi connectivity index (χ3v) is 3.39. The van der Waals surface area contributed by atoms with E-state index < -0.39 is 12.1 Å². The molecule has 2 aromatic carbocycles. The number of rotatable bonds is 7. The van der Waals surface area contributed by atoms with Crippen molar-refractivity contribution in [2.75, 3.05) is 7.11 Å². The van der Waals surface area contributed by atoms with Crippen molar-refractivity contribution in [3.63, 3.8) is 0 Å². The van der Waals surface area contributed by atoms with E-state index in [0.29, 0.717) is 29.0 Å². The Morgan fingerprint density at radius 1 is 0.957 bits per heavy atom. The molecule has 0 saturated carbocycles. The fraction of sp³-hybridized carbons (Fsp3) is 0.222. The predicted octanol–water partition coefficient (Wildman–Crippen LogP) is 3.17. The van der Waals surface area contributed by atoms with E-state index in [2.05, 4.69) is 0 Å². The van der Waals surface area contributed by atoms with E-state index in [9.17, 15) is 9.59 Å². The molecule has 0 amide bonds. The van der Waals surface area contributed by atoms with Crippen LogP contribution in [-0.2, 0) is 4.79 Å². The van der Waals surface area contributed by atoms with E-state index in [1.807, 2.05) is 0 Å². The molecule has 2 aromatic rings. The smallest absolute Gasteiger partial charge is 0.344 e. The fourth-order valence-electron chi connectivity index (χ4n) is 2.07. The van der Waals surface area contributed by atoms with Crippen LogP contribution in [0, 0.1) is 0 Å². The Morgan fingerprint density at radius 3 is 1.83 bits per heavy atom. The number of methoxy groups -OCH3 is 1. The fourth-order valence-corrected chi connectivity index (χ4v) is 2.07. The van der Waals surface area contributed by atoms with E-state index in [1.54, 1.807) is 62.6 Å². The summed E-state index contributed by atoms with van der Waals surface area (Å²) in [6, 6.07) is 13.3. The van der Waals surface area contributed by atoms with Crippen LogP contribution in [0.3, 0.4) is 0 Å². The summed E-state index contributed by atoms with van der Waals surface area (Å²) in [5.41, 5.74) is 1.06. The van der Waals surface area contributed by atoms with E-state index >= 15 is 0 Å². The van der Waals surface area contributed by atoms with Crippen LogP contribution in [0.15, 0.2) is 48.5 Å². The van der Waals surface area contributed by atoms with Gasteiger partial charge < -0.3 is 14.6 Å². The van der Waals surface area contributed by atoms with Gasteiger partial charge in [0.1, 0.15) is 11.5 Å². The first-order chi connectivity index (χ1) is 11.0. The Kier molecular flexibility index (Phi) is 5.36. The number of hydrogen-bond donors (Lipinski definition) is 1. The number of carboxylic acids is 1. The van der Waals surface area contributed by atoms with Crippen LogP contribution in [0.4, 0.5) is 0 Å². The quantitative estimate of drug-likeness (QED) is 0.795. The first-order valence-corrected chi connectivity index (χ1v) is 7.23. The van der Waals surface area contributed by atoms with Crippen LogP contribution in [0.5, 0.6) is 11.5 Å². The molecule has 0 fully saturated rings. The lowest BCUT2D eigenvalue weighted by Gasteiger charge is -2.13. The lowest BCUT2D eigenvalue weighted by Crippen LogP contribution is -2.25. The number of carbonyl (C=O) groups excluding carboxylic acids is 1. The van der Waals surface area contributed by atoms with Gasteiger partial charge in [0.25, 0.3) is 0 Å². The average molecular weight is 314 g/mol. The van der Waals surface area contributed by atoms with E-state index in [4.69, 9.17) is 14.6 Å². The topological polar surface area (TPSA) is 72.8 Å². The molecule has 1 atom stereocenters. The van der Waals surface area contributed by atoms with E-state index in [-0.39, 0.29) is 5.78 Å². The summed E-state index contributed by atoms with van der Waals surface area (Å²) in [4.78, 5) is 23.3. The number of carbonyl (C=O) groups is 2. The van der Waals surface area contributed by atoms with Crippen molar-refractivity contribution in [2.45, 2.75) is 19.4 Å². The minimum absolute atomic E-state index is 0.121. The van der Waals surface area contributed by atoms with Gasteiger partial charge in [-0.1, -0.05) is 6.92 Å². The van der Waals surface area contributed by atoms with Crippen LogP contribution in [0.1, 0.15) is 29.3 Å². The van der Waals surface area contributed by atoms with Crippen LogP contribution in [-0.4, -0.2) is 30.1 Å². The molecular weight excluding hydrogens is 296 g/mol. The SMILES string of the molecule is CCC(Oc1ccc(C(=O)c2ccc(OC)cc2)cc1)C(=O)O. The monoisotopic (exact) mass is 314 g/mol. The number of hydrogen-bond acceptors (Lipinski definition) is 4. The van der Waals surface area contributed by atoms with Crippen LogP contribution >= 0.6 is 0 Å². The molecule has 0 aromatic heterocycles. The standard InChI is InChI=1S/C18H18O5/c1-3-16(18(20)21)23-15-10-6-13(7-11-15)17(19)12-4-8-14(22-2)9-5-12/h4-11,16H,3H2,1-2H3,(H,20,21). The van der Waals surface area contributed by atoms with Crippen LogP contribution in [0.2, 0.25) is 0 Å². The maximum Gasteiger partial charge on any atom is 0.344 e. The summed E-state index contributed by atoms with van der Waals surface area (Å²) in [6.45, 7) is 1.74. The largest absolute Gasteiger partial charge is 0.497 e. The Balaban J connectivity index is 2.11. The van der Waals surface area contributed by atoms with Crippen molar-refractivity contribution in [1.82, 2.24) is 0 Å². The summed E-state index contributed by atoms with van der Waals surface area (Å²) in [5.74, 6) is -0.0227. The van der Waals surface area contributed by atoms with Gasteiger partial charge in [-0.2, -0.15) is 0 Å². The van der Waals surface area contributed by atoms with Crippen molar-refractivity contribution in [1.29, 1.82) is 0 Å². The first kappa shape index (κ1) is 16.5. The average Bonchev–Trinajstić information content (AvgIpc) is 2.59. The molecule has 2 rings (SSSR count). The maximum absolute atomic E-state index is 12.4. The first-order valence-electron chi connectivity index (χ1n) is 7.23. The summed E-state index contributed by atoms with van der Waals surface area (Å²) in [7, 11) is 1.57. The van der Waals surface area contributed by atoms with Crippen molar-refractivity contribution in [3.05, 3.63) is 59.7 Å². The molecule has 1 unspecified atom stereocenters. The molecule has 120 valence electrons. The molecule has 0 heterocycles. The third kappa shape index (κ3) is 4.10. The Bertz CT molecular complexity index is 674. The number of ether oxygens (including phenoxy) is 2. The van der Waals surface area contributed by atoms with Crippen molar-refractivity contribution < 1.29 is 24.2 Å². The van der Waals surface area contributed by atoms with Crippen molar-refractivity contribution >= 4 is 11.8 Å². The lowest BCUT2D eigenvalue weighted by molar-refractivity contribution is -0.145. The molecule has 0 aliphatic carbocycles. The summed E-state index contributed by atoms with van der Waals surface area (Å²) in [5, 5.41) is 8.98.